The predicted octanol–water partition coefficient (Wildman–Crippen LogP) is 3.20. The van der Waals surface area contributed by atoms with Gasteiger partial charge in [-0.3, -0.25) is 4.79 Å². The summed E-state index contributed by atoms with van der Waals surface area (Å²) in [6.07, 6.45) is 0.964. The van der Waals surface area contributed by atoms with E-state index < -0.39 is 11.9 Å². The van der Waals surface area contributed by atoms with Crippen LogP contribution >= 0.6 is 0 Å². The van der Waals surface area contributed by atoms with Crippen LogP contribution < -0.4 is 10.6 Å². The standard InChI is InChI=1S/C21H22N2O5/c1-13-8-7-9-14(2)19(13)23-20(25)15-10-5-6-11-16(15)22-17(21(26)28-4)12-18(24)27-3/h5-12,22H,1-4H3,(H,23,25)/b17-12+. The number of nitrogens with one attached hydrogen (secondary N) is 2. The van der Waals surface area contributed by atoms with E-state index in [0.717, 1.165) is 22.9 Å². The number of hydrogen-bond donors (Lipinski definition) is 2. The molecule has 0 aliphatic carbocycles. The molecule has 0 heterocycles. The number of esters is 2. The highest BCUT2D eigenvalue weighted by Gasteiger charge is 2.18. The van der Waals surface area contributed by atoms with E-state index in [1.165, 1.54) is 14.2 Å². The SMILES string of the molecule is COC(=O)/C=C(/Nc1ccccc1C(=O)Nc1c(C)cccc1C)C(=O)OC. The first-order chi connectivity index (χ1) is 13.4. The van der Waals surface area contributed by atoms with Crippen LogP contribution in [0.3, 0.4) is 0 Å². The minimum Gasteiger partial charge on any atom is -0.466 e. The van der Waals surface area contributed by atoms with Crippen molar-refractivity contribution in [3.05, 3.63) is 70.9 Å². The number of hydrogen-bond acceptors (Lipinski definition) is 6. The number of carbonyl (C=O) groups is 3. The van der Waals surface area contributed by atoms with E-state index in [-0.39, 0.29) is 11.6 Å². The molecule has 1 amide bonds. The first-order valence-electron chi connectivity index (χ1n) is 8.49. The number of ether oxygens (including phenoxy) is 2. The summed E-state index contributed by atoms with van der Waals surface area (Å²) in [6.45, 7) is 3.81. The summed E-state index contributed by atoms with van der Waals surface area (Å²) in [5.74, 6) is -1.86. The Morgan fingerprint density at radius 2 is 1.50 bits per heavy atom. The maximum Gasteiger partial charge on any atom is 0.354 e. The Hall–Kier alpha value is -3.61. The Labute approximate surface area is 163 Å². The van der Waals surface area contributed by atoms with Crippen molar-refractivity contribution in [2.45, 2.75) is 13.8 Å². The topological polar surface area (TPSA) is 93.7 Å². The summed E-state index contributed by atoms with van der Waals surface area (Å²) >= 11 is 0. The first kappa shape index (κ1) is 20.7. The van der Waals surface area contributed by atoms with E-state index in [0.29, 0.717) is 11.3 Å². The van der Waals surface area contributed by atoms with Gasteiger partial charge in [0.2, 0.25) is 0 Å². The normalized spacial score (nSPS) is 10.8. The lowest BCUT2D eigenvalue weighted by Crippen LogP contribution is -2.19. The maximum absolute atomic E-state index is 12.9. The van der Waals surface area contributed by atoms with E-state index >= 15 is 0 Å². The zero-order valence-corrected chi connectivity index (χ0v) is 16.2. The molecule has 7 nitrogen and oxygen atoms in total. The average Bonchev–Trinajstić information content (AvgIpc) is 2.69. The molecule has 146 valence electrons. The first-order valence-corrected chi connectivity index (χ1v) is 8.49. The Morgan fingerprint density at radius 1 is 0.857 bits per heavy atom. The van der Waals surface area contributed by atoms with Crippen molar-refractivity contribution in [3.63, 3.8) is 0 Å². The average molecular weight is 382 g/mol. The highest BCUT2D eigenvalue weighted by atomic mass is 16.5. The molecule has 0 unspecified atom stereocenters. The van der Waals surface area contributed by atoms with Crippen LogP contribution in [-0.2, 0) is 19.1 Å². The molecule has 2 aromatic carbocycles. The van der Waals surface area contributed by atoms with Gasteiger partial charge in [-0.1, -0.05) is 30.3 Å². The number of para-hydroxylation sites is 2. The third kappa shape index (κ3) is 4.97. The van der Waals surface area contributed by atoms with Gasteiger partial charge in [0.1, 0.15) is 5.70 Å². The molecular formula is C21H22N2O5. The van der Waals surface area contributed by atoms with Crippen molar-refractivity contribution >= 4 is 29.2 Å². The van der Waals surface area contributed by atoms with Crippen molar-refractivity contribution in [1.29, 1.82) is 0 Å². The molecular weight excluding hydrogens is 360 g/mol. The van der Waals surface area contributed by atoms with Gasteiger partial charge < -0.3 is 20.1 Å². The lowest BCUT2D eigenvalue weighted by molar-refractivity contribution is -0.138. The summed E-state index contributed by atoms with van der Waals surface area (Å²) in [5, 5.41) is 5.68. The van der Waals surface area contributed by atoms with Gasteiger partial charge in [-0.15, -0.1) is 0 Å². The van der Waals surface area contributed by atoms with Crippen LogP contribution in [0.5, 0.6) is 0 Å². The predicted molar refractivity (Wildman–Crippen MR) is 106 cm³/mol. The molecule has 0 saturated heterocycles. The molecule has 0 aliphatic heterocycles. The maximum atomic E-state index is 12.9. The third-order valence-corrected chi connectivity index (χ3v) is 4.03. The number of methoxy groups -OCH3 is 2. The van der Waals surface area contributed by atoms with Crippen molar-refractivity contribution in [3.8, 4) is 0 Å². The van der Waals surface area contributed by atoms with Crippen LogP contribution in [0.1, 0.15) is 21.5 Å². The molecule has 0 atom stereocenters. The third-order valence-electron chi connectivity index (χ3n) is 4.03. The van der Waals surface area contributed by atoms with Crippen molar-refractivity contribution < 1.29 is 23.9 Å². The lowest BCUT2D eigenvalue weighted by atomic mass is 10.1. The van der Waals surface area contributed by atoms with Crippen LogP contribution in [0.2, 0.25) is 0 Å². The number of aryl methyl sites for hydroxylation is 2. The van der Waals surface area contributed by atoms with Crippen LogP contribution in [0.15, 0.2) is 54.2 Å². The van der Waals surface area contributed by atoms with Gasteiger partial charge in [0, 0.05) is 5.69 Å². The second-order valence-corrected chi connectivity index (χ2v) is 5.96. The molecule has 2 rings (SSSR count). The second kappa shape index (κ2) is 9.36. The van der Waals surface area contributed by atoms with Gasteiger partial charge in [-0.25, -0.2) is 9.59 Å². The molecule has 2 N–H and O–H groups in total. The lowest BCUT2D eigenvalue weighted by Gasteiger charge is -2.15. The Bertz CT molecular complexity index is 914. The highest BCUT2D eigenvalue weighted by molar-refractivity contribution is 6.09. The van der Waals surface area contributed by atoms with E-state index in [1.54, 1.807) is 24.3 Å². The fourth-order valence-electron chi connectivity index (χ4n) is 2.56. The van der Waals surface area contributed by atoms with Gasteiger partial charge in [0.15, 0.2) is 0 Å². The minimum atomic E-state index is -0.768. The molecule has 0 radical (unpaired) electrons. The summed E-state index contributed by atoms with van der Waals surface area (Å²) < 4.78 is 9.23. The van der Waals surface area contributed by atoms with E-state index in [9.17, 15) is 14.4 Å². The summed E-state index contributed by atoms with van der Waals surface area (Å²) in [6, 6.07) is 12.3. The van der Waals surface area contributed by atoms with Gasteiger partial charge in [-0.05, 0) is 37.1 Å². The van der Waals surface area contributed by atoms with Crippen LogP contribution in [-0.4, -0.2) is 32.1 Å². The smallest absolute Gasteiger partial charge is 0.354 e. The molecule has 0 bridgehead atoms. The van der Waals surface area contributed by atoms with E-state index in [1.807, 2.05) is 32.0 Å². The van der Waals surface area contributed by atoms with Crippen molar-refractivity contribution in [1.82, 2.24) is 0 Å². The fraction of sp³-hybridized carbons (Fsp3) is 0.190. The zero-order chi connectivity index (χ0) is 20.7. The van der Waals surface area contributed by atoms with Gasteiger partial charge >= 0.3 is 11.9 Å². The quantitative estimate of drug-likeness (QED) is 0.589. The Morgan fingerprint density at radius 3 is 2.11 bits per heavy atom. The highest BCUT2D eigenvalue weighted by Crippen LogP contribution is 2.23. The van der Waals surface area contributed by atoms with E-state index in [4.69, 9.17) is 0 Å². The van der Waals surface area contributed by atoms with E-state index in [2.05, 4.69) is 20.1 Å². The molecule has 2 aromatic rings. The fourth-order valence-corrected chi connectivity index (χ4v) is 2.56. The van der Waals surface area contributed by atoms with Gasteiger partial charge in [-0.2, -0.15) is 0 Å². The molecule has 0 saturated carbocycles. The van der Waals surface area contributed by atoms with Crippen molar-refractivity contribution in [2.75, 3.05) is 24.9 Å². The summed E-state index contributed by atoms with van der Waals surface area (Å²) in [4.78, 5) is 36.4. The van der Waals surface area contributed by atoms with Crippen LogP contribution in [0.25, 0.3) is 0 Å². The second-order valence-electron chi connectivity index (χ2n) is 5.96. The molecule has 0 aliphatic rings. The molecule has 0 aromatic heterocycles. The number of benzene rings is 2. The summed E-state index contributed by atoms with van der Waals surface area (Å²) in [7, 11) is 2.38. The van der Waals surface area contributed by atoms with Crippen molar-refractivity contribution in [2.24, 2.45) is 0 Å². The number of carbonyl (C=O) groups excluding carboxylic acids is 3. The minimum absolute atomic E-state index is 0.151. The van der Waals surface area contributed by atoms with Gasteiger partial charge in [0.25, 0.3) is 5.91 Å². The summed E-state index contributed by atoms with van der Waals surface area (Å²) in [5.41, 5.74) is 3.07. The molecule has 28 heavy (non-hydrogen) atoms. The number of rotatable bonds is 6. The monoisotopic (exact) mass is 382 g/mol. The van der Waals surface area contributed by atoms with Crippen LogP contribution in [0.4, 0.5) is 11.4 Å². The molecule has 7 heteroatoms. The zero-order valence-electron chi connectivity index (χ0n) is 16.2. The number of amides is 1. The molecule has 0 fully saturated rings. The molecule has 0 spiro atoms. The Balaban J connectivity index is 2.36. The Kier molecular flexibility index (Phi) is 6.92. The van der Waals surface area contributed by atoms with Gasteiger partial charge in [0.05, 0.1) is 31.5 Å². The van der Waals surface area contributed by atoms with Crippen LogP contribution in [0, 0.1) is 13.8 Å². The number of anilines is 2. The largest absolute Gasteiger partial charge is 0.466 e.